The van der Waals surface area contributed by atoms with Crippen molar-refractivity contribution in [2.75, 3.05) is 16.0 Å². The van der Waals surface area contributed by atoms with E-state index >= 15 is 0 Å². The Bertz CT molecular complexity index is 1090. The minimum absolute atomic E-state index is 0.315. The van der Waals surface area contributed by atoms with Crippen LogP contribution >= 0.6 is 22.7 Å². The third kappa shape index (κ3) is 4.21. The van der Waals surface area contributed by atoms with Crippen molar-refractivity contribution in [1.29, 1.82) is 0 Å². The van der Waals surface area contributed by atoms with Crippen molar-refractivity contribution in [1.82, 2.24) is 15.0 Å². The summed E-state index contributed by atoms with van der Waals surface area (Å²) in [5, 5.41) is 12.4. The number of nitrogens with one attached hydrogen (secondary N) is 3. The summed E-state index contributed by atoms with van der Waals surface area (Å²) in [6.45, 7) is 2.55. The second-order valence-electron chi connectivity index (χ2n) is 5.80. The van der Waals surface area contributed by atoms with Gasteiger partial charge in [0.2, 0.25) is 0 Å². The number of rotatable bonds is 5. The summed E-state index contributed by atoms with van der Waals surface area (Å²) in [5.41, 5.74) is 1.83. The van der Waals surface area contributed by atoms with Crippen molar-refractivity contribution >= 4 is 55.6 Å². The molecule has 3 heterocycles. The highest BCUT2D eigenvalue weighted by Crippen LogP contribution is 2.25. The van der Waals surface area contributed by atoms with Crippen molar-refractivity contribution in [2.45, 2.75) is 13.5 Å². The number of fused-ring (bicyclic) bond motifs is 1. The van der Waals surface area contributed by atoms with Gasteiger partial charge in [-0.15, -0.1) is 11.3 Å². The molecule has 0 saturated carbocycles. The SMILES string of the molecule is Cc1cccc(NC(=O)Nc2ncc(CNc3ncnc4sccc34)s2)c1. The number of carbonyl (C=O) groups is 1. The van der Waals surface area contributed by atoms with Gasteiger partial charge in [0.25, 0.3) is 0 Å². The average molecular weight is 397 g/mol. The fourth-order valence-corrected chi connectivity index (χ4v) is 4.01. The lowest BCUT2D eigenvalue weighted by Gasteiger charge is -2.06. The third-order valence-electron chi connectivity index (χ3n) is 3.74. The first-order valence-corrected chi connectivity index (χ1v) is 9.88. The van der Waals surface area contributed by atoms with Crippen LogP contribution < -0.4 is 16.0 Å². The summed E-state index contributed by atoms with van der Waals surface area (Å²) in [4.78, 5) is 26.8. The molecule has 9 heteroatoms. The molecule has 0 radical (unpaired) electrons. The van der Waals surface area contributed by atoms with Gasteiger partial charge in [-0.2, -0.15) is 0 Å². The van der Waals surface area contributed by atoms with Gasteiger partial charge < -0.3 is 10.6 Å². The molecule has 3 aromatic heterocycles. The van der Waals surface area contributed by atoms with Crippen LogP contribution in [-0.2, 0) is 6.54 Å². The quantitative estimate of drug-likeness (QED) is 0.454. The summed E-state index contributed by atoms with van der Waals surface area (Å²) < 4.78 is 0. The zero-order valence-corrected chi connectivity index (χ0v) is 16.0. The minimum atomic E-state index is -0.315. The molecule has 0 aliphatic carbocycles. The van der Waals surface area contributed by atoms with Gasteiger partial charge in [0.15, 0.2) is 5.13 Å². The second kappa shape index (κ2) is 7.68. The van der Waals surface area contributed by atoms with Gasteiger partial charge in [0.05, 0.1) is 11.9 Å². The molecule has 0 bridgehead atoms. The fourth-order valence-electron chi connectivity index (χ4n) is 2.53. The summed E-state index contributed by atoms with van der Waals surface area (Å²) in [6, 6.07) is 9.31. The zero-order valence-electron chi connectivity index (χ0n) is 14.4. The Morgan fingerprint density at radius 1 is 1.15 bits per heavy atom. The predicted octanol–water partition coefficient (Wildman–Crippen LogP) is 4.71. The lowest BCUT2D eigenvalue weighted by atomic mass is 10.2. The van der Waals surface area contributed by atoms with Crippen molar-refractivity contribution in [3.63, 3.8) is 0 Å². The number of carbonyl (C=O) groups excluding carboxylic acids is 1. The standard InChI is InChI=1S/C18H16N6OS2/c1-11-3-2-4-12(7-11)23-17(25)24-18-20-9-13(27-18)8-19-15-14-5-6-26-16(14)22-10-21-15/h2-7,9-10H,8H2,1H3,(H,19,21,22)(H2,20,23,24,25). The average Bonchev–Trinajstić information content (AvgIpc) is 3.29. The molecule has 0 aliphatic rings. The van der Waals surface area contributed by atoms with Gasteiger partial charge in [-0.3, -0.25) is 5.32 Å². The maximum absolute atomic E-state index is 12.1. The molecular formula is C18H16N6OS2. The van der Waals surface area contributed by atoms with E-state index in [4.69, 9.17) is 0 Å². The number of nitrogens with zero attached hydrogens (tertiary/aromatic N) is 3. The van der Waals surface area contributed by atoms with E-state index in [1.165, 1.54) is 11.3 Å². The van der Waals surface area contributed by atoms with Crippen LogP contribution in [-0.4, -0.2) is 21.0 Å². The first-order chi connectivity index (χ1) is 13.2. The van der Waals surface area contributed by atoms with Crippen molar-refractivity contribution in [3.8, 4) is 0 Å². The molecule has 136 valence electrons. The Labute approximate surface area is 163 Å². The molecule has 3 N–H and O–H groups in total. The largest absolute Gasteiger partial charge is 0.364 e. The van der Waals surface area contributed by atoms with Gasteiger partial charge in [0.1, 0.15) is 17.0 Å². The number of thiophene rings is 1. The van der Waals surface area contributed by atoms with Gasteiger partial charge in [-0.05, 0) is 36.1 Å². The molecule has 4 aromatic rings. The normalized spacial score (nSPS) is 10.7. The van der Waals surface area contributed by atoms with Crippen molar-refractivity contribution in [3.05, 3.63) is 58.7 Å². The Balaban J connectivity index is 1.36. The number of aryl methyl sites for hydroxylation is 1. The van der Waals surface area contributed by atoms with Gasteiger partial charge in [-0.1, -0.05) is 23.5 Å². The summed E-state index contributed by atoms with van der Waals surface area (Å²) in [7, 11) is 0. The monoisotopic (exact) mass is 396 g/mol. The van der Waals surface area contributed by atoms with E-state index in [1.807, 2.05) is 42.6 Å². The number of hydrogen-bond donors (Lipinski definition) is 3. The molecule has 0 atom stereocenters. The predicted molar refractivity (Wildman–Crippen MR) is 111 cm³/mol. The molecule has 27 heavy (non-hydrogen) atoms. The Hall–Kier alpha value is -3.04. The van der Waals surface area contributed by atoms with E-state index in [9.17, 15) is 4.79 Å². The lowest BCUT2D eigenvalue weighted by molar-refractivity contribution is 0.262. The fraction of sp³-hybridized carbons (Fsp3) is 0.111. The number of amides is 2. The van der Waals surface area contributed by atoms with Crippen LogP contribution in [0.1, 0.15) is 10.4 Å². The van der Waals surface area contributed by atoms with E-state index in [1.54, 1.807) is 23.9 Å². The molecule has 7 nitrogen and oxygen atoms in total. The number of benzene rings is 1. The first-order valence-electron chi connectivity index (χ1n) is 8.19. The molecule has 2 amide bonds. The molecule has 0 unspecified atom stereocenters. The smallest absolute Gasteiger partial charge is 0.325 e. The molecule has 0 aliphatic heterocycles. The molecule has 0 spiro atoms. The second-order valence-corrected chi connectivity index (χ2v) is 7.81. The Morgan fingerprint density at radius 3 is 2.96 bits per heavy atom. The number of urea groups is 1. The van der Waals surface area contributed by atoms with Crippen molar-refractivity contribution in [2.24, 2.45) is 0 Å². The number of hydrogen-bond acceptors (Lipinski definition) is 7. The maximum Gasteiger partial charge on any atom is 0.325 e. The Kier molecular flexibility index (Phi) is 4.95. The molecule has 1 aromatic carbocycles. The van der Waals surface area contributed by atoms with Crippen LogP contribution in [0.3, 0.4) is 0 Å². The van der Waals surface area contributed by atoms with E-state index < -0.39 is 0 Å². The van der Waals surface area contributed by atoms with Crippen LogP contribution in [0.4, 0.5) is 21.4 Å². The summed E-state index contributed by atoms with van der Waals surface area (Å²) >= 11 is 3.00. The topological polar surface area (TPSA) is 91.8 Å². The van der Waals surface area contributed by atoms with Crippen LogP contribution in [0.25, 0.3) is 10.2 Å². The highest BCUT2D eigenvalue weighted by Gasteiger charge is 2.09. The molecule has 0 fully saturated rings. The van der Waals surface area contributed by atoms with Gasteiger partial charge in [-0.25, -0.2) is 19.7 Å². The van der Waals surface area contributed by atoms with Gasteiger partial charge >= 0.3 is 6.03 Å². The number of thiazole rings is 1. The van der Waals surface area contributed by atoms with Crippen LogP contribution in [0.5, 0.6) is 0 Å². The summed E-state index contributed by atoms with van der Waals surface area (Å²) in [5.74, 6) is 0.793. The first kappa shape index (κ1) is 17.4. The zero-order chi connectivity index (χ0) is 18.6. The van der Waals surface area contributed by atoms with E-state index in [0.29, 0.717) is 11.7 Å². The van der Waals surface area contributed by atoms with E-state index in [2.05, 4.69) is 30.9 Å². The minimum Gasteiger partial charge on any atom is -0.364 e. The highest BCUT2D eigenvalue weighted by molar-refractivity contribution is 7.16. The molecule has 4 rings (SSSR count). The third-order valence-corrected chi connectivity index (χ3v) is 5.48. The lowest BCUT2D eigenvalue weighted by Crippen LogP contribution is -2.19. The molecule has 0 saturated heterocycles. The number of aromatic nitrogens is 3. The van der Waals surface area contributed by atoms with Crippen LogP contribution in [0.15, 0.2) is 48.2 Å². The summed E-state index contributed by atoms with van der Waals surface area (Å²) in [6.07, 6.45) is 3.29. The van der Waals surface area contributed by atoms with Crippen LogP contribution in [0, 0.1) is 6.92 Å². The Morgan fingerprint density at radius 2 is 2.07 bits per heavy atom. The maximum atomic E-state index is 12.1. The van der Waals surface area contributed by atoms with Gasteiger partial charge in [0, 0.05) is 16.8 Å². The van der Waals surface area contributed by atoms with Crippen LogP contribution in [0.2, 0.25) is 0 Å². The number of anilines is 3. The van der Waals surface area contributed by atoms with E-state index in [-0.39, 0.29) is 6.03 Å². The molecular weight excluding hydrogens is 380 g/mol. The highest BCUT2D eigenvalue weighted by atomic mass is 32.1. The van der Waals surface area contributed by atoms with E-state index in [0.717, 1.165) is 32.2 Å². The van der Waals surface area contributed by atoms with Crippen molar-refractivity contribution < 1.29 is 4.79 Å².